The van der Waals surface area contributed by atoms with Crippen molar-refractivity contribution in [1.82, 2.24) is 25.9 Å². The van der Waals surface area contributed by atoms with Gasteiger partial charge in [0.1, 0.15) is 17.8 Å². The molecule has 2 fully saturated rings. The smallest absolute Gasteiger partial charge is 0.406 e. The first kappa shape index (κ1) is 21.0. The van der Waals surface area contributed by atoms with Crippen molar-refractivity contribution in [2.24, 2.45) is 0 Å². The molecule has 3 aliphatic rings. The van der Waals surface area contributed by atoms with E-state index in [9.17, 15) is 18.0 Å². The topological polar surface area (TPSA) is 92.5 Å². The lowest BCUT2D eigenvalue weighted by Crippen LogP contribution is -2.54. The normalized spacial score (nSPS) is 28.6. The third kappa shape index (κ3) is 3.55. The van der Waals surface area contributed by atoms with E-state index in [1.807, 2.05) is 0 Å². The largest absolute Gasteiger partial charge is 0.420 e. The molecule has 0 bridgehead atoms. The van der Waals surface area contributed by atoms with E-state index in [-0.39, 0.29) is 17.4 Å². The second-order valence-corrected chi connectivity index (χ2v) is 8.21. The van der Waals surface area contributed by atoms with Gasteiger partial charge < -0.3 is 14.5 Å². The summed E-state index contributed by atoms with van der Waals surface area (Å²) in [5.74, 6) is -1.40. The molecule has 2 aromatic rings. The maximum atomic E-state index is 13.9. The summed E-state index contributed by atoms with van der Waals surface area (Å²) < 4.78 is 52.9. The first-order valence-corrected chi connectivity index (χ1v) is 10.4. The van der Waals surface area contributed by atoms with Crippen LogP contribution in [0.1, 0.15) is 48.9 Å². The number of hydrogen-bond acceptors (Lipinski definition) is 7. The predicted octanol–water partition coefficient (Wildman–Crippen LogP) is 2.69. The number of allylic oxidation sites excluding steroid dienone is 1. The quantitative estimate of drug-likeness (QED) is 0.744. The van der Waals surface area contributed by atoms with Crippen LogP contribution in [0.5, 0.6) is 0 Å². The Balaban J connectivity index is 1.48. The number of ether oxygens (including phenoxy) is 1. The van der Waals surface area contributed by atoms with Crippen molar-refractivity contribution >= 4 is 11.5 Å². The van der Waals surface area contributed by atoms with E-state index in [0.717, 1.165) is 17.9 Å². The Morgan fingerprint density at radius 3 is 2.66 bits per heavy atom. The summed E-state index contributed by atoms with van der Waals surface area (Å²) in [5.41, 5.74) is 3.29. The number of fused-ring (bicyclic) bond motifs is 1. The van der Waals surface area contributed by atoms with Gasteiger partial charge >= 0.3 is 6.18 Å². The SMILES string of the molecule is CC1=C(c2nnc([C@H]3CCCOC3)o2)C(=O)N2NC(C(F)(F)F)C(c3ccccc3)C2N1. The molecule has 2 saturated heterocycles. The number of nitrogens with one attached hydrogen (secondary N) is 2. The highest BCUT2D eigenvalue weighted by Gasteiger charge is 2.58. The molecule has 11 heteroatoms. The summed E-state index contributed by atoms with van der Waals surface area (Å²) in [6, 6.07) is 6.42. The minimum atomic E-state index is -4.56. The summed E-state index contributed by atoms with van der Waals surface area (Å²) in [6.45, 7) is 2.75. The average Bonchev–Trinajstić information content (AvgIpc) is 3.40. The number of nitrogens with zero attached hydrogens (tertiary/aromatic N) is 3. The van der Waals surface area contributed by atoms with Gasteiger partial charge in [-0.3, -0.25) is 4.79 Å². The van der Waals surface area contributed by atoms with Crippen LogP contribution in [0.2, 0.25) is 0 Å². The van der Waals surface area contributed by atoms with Crippen LogP contribution in [0.4, 0.5) is 13.2 Å². The van der Waals surface area contributed by atoms with Crippen LogP contribution in [0.15, 0.2) is 40.4 Å². The maximum absolute atomic E-state index is 13.9. The Kier molecular flexibility index (Phi) is 5.17. The lowest BCUT2D eigenvalue weighted by atomic mass is 9.89. The van der Waals surface area contributed by atoms with Crippen molar-refractivity contribution in [2.75, 3.05) is 13.2 Å². The first-order valence-electron chi connectivity index (χ1n) is 10.4. The summed E-state index contributed by atoms with van der Waals surface area (Å²) in [7, 11) is 0. The number of hydrogen-bond donors (Lipinski definition) is 2. The Hall–Kier alpha value is -2.92. The number of benzene rings is 1. The zero-order valence-electron chi connectivity index (χ0n) is 17.2. The molecule has 0 radical (unpaired) electrons. The van der Waals surface area contributed by atoms with Gasteiger partial charge in [-0.1, -0.05) is 30.3 Å². The van der Waals surface area contributed by atoms with Gasteiger partial charge in [-0.15, -0.1) is 10.2 Å². The summed E-state index contributed by atoms with van der Waals surface area (Å²) in [4.78, 5) is 13.3. The molecule has 32 heavy (non-hydrogen) atoms. The number of hydrazine groups is 1. The Morgan fingerprint density at radius 2 is 1.97 bits per heavy atom. The van der Waals surface area contributed by atoms with E-state index >= 15 is 0 Å². The number of rotatable bonds is 3. The van der Waals surface area contributed by atoms with Gasteiger partial charge in [0.05, 0.1) is 18.4 Å². The molecule has 1 amide bonds. The molecule has 8 nitrogen and oxygen atoms in total. The fourth-order valence-corrected chi connectivity index (χ4v) is 4.58. The molecule has 1 aromatic heterocycles. The second kappa shape index (κ2) is 7.89. The summed E-state index contributed by atoms with van der Waals surface area (Å²) in [6.07, 6.45) is -3.79. The molecule has 4 atom stereocenters. The van der Waals surface area contributed by atoms with E-state index in [2.05, 4.69) is 20.9 Å². The van der Waals surface area contributed by atoms with Gasteiger partial charge in [0.25, 0.3) is 11.8 Å². The lowest BCUT2D eigenvalue weighted by molar-refractivity contribution is -0.161. The van der Waals surface area contributed by atoms with E-state index in [4.69, 9.17) is 9.15 Å². The maximum Gasteiger partial charge on any atom is 0.406 e. The molecular formula is C21H22F3N5O3. The third-order valence-corrected chi connectivity index (χ3v) is 6.13. The number of alkyl halides is 3. The van der Waals surface area contributed by atoms with Crippen molar-refractivity contribution in [3.05, 3.63) is 53.4 Å². The zero-order chi connectivity index (χ0) is 22.5. The highest BCUT2D eigenvalue weighted by Crippen LogP contribution is 2.42. The minimum Gasteiger partial charge on any atom is -0.420 e. The van der Waals surface area contributed by atoms with Gasteiger partial charge in [0.2, 0.25) is 5.89 Å². The van der Waals surface area contributed by atoms with Crippen LogP contribution >= 0.6 is 0 Å². The Labute approximate surface area is 181 Å². The van der Waals surface area contributed by atoms with Gasteiger partial charge in [-0.2, -0.15) is 13.2 Å². The van der Waals surface area contributed by atoms with Crippen LogP contribution in [-0.2, 0) is 9.53 Å². The van der Waals surface area contributed by atoms with Crippen LogP contribution < -0.4 is 10.7 Å². The van der Waals surface area contributed by atoms with Gasteiger partial charge in [-0.25, -0.2) is 10.4 Å². The fraction of sp³-hybridized carbons (Fsp3) is 0.476. The van der Waals surface area contributed by atoms with Gasteiger partial charge in [0, 0.05) is 12.3 Å². The van der Waals surface area contributed by atoms with Crippen LogP contribution in [-0.4, -0.2) is 52.7 Å². The van der Waals surface area contributed by atoms with Gasteiger partial charge in [0.15, 0.2) is 0 Å². The molecule has 2 N–H and O–H groups in total. The van der Waals surface area contributed by atoms with Crippen molar-refractivity contribution in [3.63, 3.8) is 0 Å². The van der Waals surface area contributed by atoms with E-state index in [0.29, 0.717) is 30.4 Å². The standard InChI is InChI=1S/C21H22F3N5O3/c1-11-14(19-27-26-18(32-19)13-8-5-9-31-10-13)20(30)29-17(25-11)15(12-6-3-2-4-7-12)16(28-29)21(22,23)24/h2-4,6-7,13,15-17,25,28H,5,8-10H2,1H3/t13-,15?,16?,17?/m0/s1. The number of carbonyl (C=O) groups is 1. The molecule has 3 unspecified atom stereocenters. The molecule has 5 rings (SSSR count). The molecule has 4 heterocycles. The molecule has 0 spiro atoms. The molecule has 3 aliphatic heterocycles. The molecular weight excluding hydrogens is 427 g/mol. The van der Waals surface area contributed by atoms with Crippen LogP contribution in [0.3, 0.4) is 0 Å². The van der Waals surface area contributed by atoms with E-state index < -0.39 is 30.2 Å². The van der Waals surface area contributed by atoms with E-state index in [1.165, 1.54) is 0 Å². The van der Waals surface area contributed by atoms with Crippen molar-refractivity contribution in [1.29, 1.82) is 0 Å². The summed E-state index contributed by atoms with van der Waals surface area (Å²) >= 11 is 0. The van der Waals surface area contributed by atoms with Gasteiger partial charge in [-0.05, 0) is 25.3 Å². The van der Waals surface area contributed by atoms with Crippen LogP contribution in [0, 0.1) is 0 Å². The molecule has 1 aromatic carbocycles. The minimum absolute atomic E-state index is 0.0208. The highest BCUT2D eigenvalue weighted by molar-refractivity contribution is 6.19. The molecule has 0 aliphatic carbocycles. The molecule has 0 saturated carbocycles. The fourth-order valence-electron chi connectivity index (χ4n) is 4.58. The highest BCUT2D eigenvalue weighted by atomic mass is 19.4. The number of halogens is 3. The zero-order valence-corrected chi connectivity index (χ0v) is 17.2. The third-order valence-electron chi connectivity index (χ3n) is 6.13. The number of aromatic nitrogens is 2. The van der Waals surface area contributed by atoms with Crippen molar-refractivity contribution in [3.8, 4) is 0 Å². The average molecular weight is 449 g/mol. The summed E-state index contributed by atoms with van der Waals surface area (Å²) in [5, 5.41) is 12.1. The molecule has 170 valence electrons. The number of carbonyl (C=O) groups excluding carboxylic acids is 1. The monoisotopic (exact) mass is 449 g/mol. The Bertz CT molecular complexity index is 1030. The van der Waals surface area contributed by atoms with Crippen LogP contribution in [0.25, 0.3) is 5.57 Å². The first-order chi connectivity index (χ1) is 15.3. The second-order valence-electron chi connectivity index (χ2n) is 8.21. The lowest BCUT2D eigenvalue weighted by Gasteiger charge is -2.34. The number of amides is 1. The van der Waals surface area contributed by atoms with Crippen molar-refractivity contribution < 1.29 is 27.1 Å². The van der Waals surface area contributed by atoms with Crippen molar-refractivity contribution in [2.45, 2.75) is 50.0 Å². The predicted molar refractivity (Wildman–Crippen MR) is 106 cm³/mol. The Morgan fingerprint density at radius 1 is 1.19 bits per heavy atom. The van der Waals surface area contributed by atoms with E-state index in [1.54, 1.807) is 37.3 Å².